The van der Waals surface area contributed by atoms with Crippen molar-refractivity contribution < 1.29 is 22.7 Å². The molecule has 7 nitrogen and oxygen atoms in total. The first-order valence-electron chi connectivity index (χ1n) is 6.47. The van der Waals surface area contributed by atoms with Crippen LogP contribution in [0.1, 0.15) is 10.4 Å². The van der Waals surface area contributed by atoms with Gasteiger partial charge in [0.05, 0.1) is 18.4 Å². The highest BCUT2D eigenvalue weighted by Gasteiger charge is 2.20. The van der Waals surface area contributed by atoms with Gasteiger partial charge in [-0.3, -0.25) is 9.59 Å². The lowest BCUT2D eigenvalue weighted by Crippen LogP contribution is -2.34. The number of aromatic nitrogens is 1. The van der Waals surface area contributed by atoms with Crippen molar-refractivity contribution in [2.45, 2.75) is 0 Å². The molecule has 118 valence electrons. The Morgan fingerprint density at radius 3 is 2.68 bits per heavy atom. The van der Waals surface area contributed by atoms with Crippen molar-refractivity contribution >= 4 is 32.4 Å². The first-order valence-corrected chi connectivity index (χ1v) is 8.53. The molecule has 0 saturated carbocycles. The number of amides is 1. The molecule has 0 bridgehead atoms. The van der Waals surface area contributed by atoms with Gasteiger partial charge in [0.2, 0.25) is 0 Å². The SMILES string of the molecule is COc1ccc2c(C(=O)C(=O)NCCS(C)(=O)=O)c[nH]c2c1. The Hall–Kier alpha value is -2.35. The van der Waals surface area contributed by atoms with Crippen molar-refractivity contribution in [2.24, 2.45) is 0 Å². The van der Waals surface area contributed by atoms with Crippen LogP contribution in [0, 0.1) is 0 Å². The zero-order chi connectivity index (χ0) is 16.3. The van der Waals surface area contributed by atoms with Crippen molar-refractivity contribution in [3.8, 4) is 5.75 Å². The van der Waals surface area contributed by atoms with E-state index in [2.05, 4.69) is 10.3 Å². The van der Waals surface area contributed by atoms with E-state index in [0.29, 0.717) is 16.7 Å². The predicted molar refractivity (Wildman–Crippen MR) is 81.9 cm³/mol. The lowest BCUT2D eigenvalue weighted by molar-refractivity contribution is -0.116. The van der Waals surface area contributed by atoms with Gasteiger partial charge in [0.1, 0.15) is 15.6 Å². The molecule has 0 atom stereocenters. The molecule has 0 unspecified atom stereocenters. The number of carbonyl (C=O) groups excluding carboxylic acids is 2. The zero-order valence-electron chi connectivity index (χ0n) is 12.2. The number of ether oxygens (including phenoxy) is 1. The number of benzene rings is 1. The van der Waals surface area contributed by atoms with Crippen LogP contribution in [0.2, 0.25) is 0 Å². The molecule has 0 aliphatic carbocycles. The summed E-state index contributed by atoms with van der Waals surface area (Å²) in [5, 5.41) is 2.91. The summed E-state index contributed by atoms with van der Waals surface area (Å²) in [6.45, 7) is -0.0976. The van der Waals surface area contributed by atoms with E-state index < -0.39 is 21.5 Å². The number of H-pyrrole nitrogens is 1. The maximum Gasteiger partial charge on any atom is 0.292 e. The maximum atomic E-state index is 12.1. The maximum absolute atomic E-state index is 12.1. The largest absolute Gasteiger partial charge is 0.497 e. The van der Waals surface area contributed by atoms with E-state index in [0.717, 1.165) is 6.26 Å². The van der Waals surface area contributed by atoms with E-state index in [1.54, 1.807) is 18.2 Å². The second kappa shape index (κ2) is 6.18. The van der Waals surface area contributed by atoms with Crippen LogP contribution in [-0.2, 0) is 14.6 Å². The summed E-state index contributed by atoms with van der Waals surface area (Å²) in [4.78, 5) is 26.8. The quantitative estimate of drug-likeness (QED) is 0.595. The minimum atomic E-state index is -3.19. The summed E-state index contributed by atoms with van der Waals surface area (Å²) in [5.74, 6) is -1.13. The molecule has 0 radical (unpaired) electrons. The van der Waals surface area contributed by atoms with Gasteiger partial charge in [-0.1, -0.05) is 0 Å². The fourth-order valence-corrected chi connectivity index (χ4v) is 2.45. The van der Waals surface area contributed by atoms with Crippen molar-refractivity contribution in [3.05, 3.63) is 30.0 Å². The van der Waals surface area contributed by atoms with Gasteiger partial charge in [0.25, 0.3) is 11.7 Å². The van der Waals surface area contributed by atoms with Gasteiger partial charge in [0.15, 0.2) is 0 Å². The van der Waals surface area contributed by atoms with Crippen LogP contribution >= 0.6 is 0 Å². The van der Waals surface area contributed by atoms with Crippen LogP contribution in [-0.4, -0.2) is 50.8 Å². The van der Waals surface area contributed by atoms with Crippen LogP contribution in [0.4, 0.5) is 0 Å². The Kier molecular flexibility index (Phi) is 4.51. The average molecular weight is 324 g/mol. The molecule has 1 heterocycles. The van der Waals surface area contributed by atoms with Crippen LogP contribution in [0.3, 0.4) is 0 Å². The Bertz CT molecular complexity index is 823. The third-order valence-electron chi connectivity index (χ3n) is 3.10. The van der Waals surface area contributed by atoms with Gasteiger partial charge in [-0.15, -0.1) is 0 Å². The molecule has 0 saturated heterocycles. The van der Waals surface area contributed by atoms with Gasteiger partial charge in [-0.25, -0.2) is 8.42 Å². The Labute approximate surface area is 127 Å². The van der Waals surface area contributed by atoms with E-state index in [9.17, 15) is 18.0 Å². The van der Waals surface area contributed by atoms with Crippen molar-refractivity contribution in [1.82, 2.24) is 10.3 Å². The molecule has 1 aromatic heterocycles. The molecular formula is C14H16N2O5S. The second-order valence-corrected chi connectivity index (χ2v) is 7.09. The zero-order valence-corrected chi connectivity index (χ0v) is 13.0. The van der Waals surface area contributed by atoms with E-state index in [4.69, 9.17) is 4.74 Å². The summed E-state index contributed by atoms with van der Waals surface area (Å²) in [5.41, 5.74) is 0.904. The molecule has 0 aliphatic rings. The monoisotopic (exact) mass is 324 g/mol. The molecule has 2 rings (SSSR count). The van der Waals surface area contributed by atoms with Crippen LogP contribution in [0.15, 0.2) is 24.4 Å². The van der Waals surface area contributed by atoms with E-state index in [-0.39, 0.29) is 17.9 Å². The van der Waals surface area contributed by atoms with Gasteiger partial charge >= 0.3 is 0 Å². The van der Waals surface area contributed by atoms with Gasteiger partial charge in [-0.2, -0.15) is 0 Å². The number of hydrogen-bond donors (Lipinski definition) is 2. The summed E-state index contributed by atoms with van der Waals surface area (Å²) in [6.07, 6.45) is 2.51. The summed E-state index contributed by atoms with van der Waals surface area (Å²) >= 11 is 0. The van der Waals surface area contributed by atoms with Crippen molar-refractivity contribution in [3.63, 3.8) is 0 Å². The number of fused-ring (bicyclic) bond motifs is 1. The normalized spacial score (nSPS) is 11.4. The second-order valence-electron chi connectivity index (χ2n) is 4.83. The molecule has 0 spiro atoms. The van der Waals surface area contributed by atoms with Gasteiger partial charge in [0, 0.05) is 36.0 Å². The first-order chi connectivity index (χ1) is 10.3. The molecule has 22 heavy (non-hydrogen) atoms. The highest BCUT2D eigenvalue weighted by molar-refractivity contribution is 7.90. The number of sulfone groups is 1. The number of ketones is 1. The highest BCUT2D eigenvalue weighted by Crippen LogP contribution is 2.23. The third kappa shape index (κ3) is 3.64. The number of aromatic amines is 1. The molecule has 8 heteroatoms. The standard InChI is InChI=1S/C14H16N2O5S/c1-21-9-3-4-10-11(8-16-12(10)7-9)13(17)14(18)15-5-6-22(2,19)20/h3-4,7-8,16H,5-6H2,1-2H3,(H,15,18). The lowest BCUT2D eigenvalue weighted by Gasteiger charge is -2.03. The number of carbonyl (C=O) groups is 2. The lowest BCUT2D eigenvalue weighted by atomic mass is 10.1. The molecule has 0 aliphatic heterocycles. The van der Waals surface area contributed by atoms with Crippen molar-refractivity contribution in [2.75, 3.05) is 25.7 Å². The van der Waals surface area contributed by atoms with Crippen molar-refractivity contribution in [1.29, 1.82) is 0 Å². The van der Waals surface area contributed by atoms with Crippen LogP contribution in [0.5, 0.6) is 5.75 Å². The smallest absolute Gasteiger partial charge is 0.292 e. The molecule has 1 aromatic carbocycles. The Balaban J connectivity index is 2.14. The fraction of sp³-hybridized carbons (Fsp3) is 0.286. The van der Waals surface area contributed by atoms with Gasteiger partial charge < -0.3 is 15.0 Å². The first kappa shape index (κ1) is 16.0. The van der Waals surface area contributed by atoms with Crippen LogP contribution < -0.4 is 10.1 Å². The minimum Gasteiger partial charge on any atom is -0.497 e. The predicted octanol–water partition coefficient (Wildman–Crippen LogP) is 0.520. The molecule has 0 fully saturated rings. The van der Waals surface area contributed by atoms with Crippen LogP contribution in [0.25, 0.3) is 10.9 Å². The summed E-state index contributed by atoms with van der Waals surface area (Å²) in [7, 11) is -1.65. The number of nitrogens with one attached hydrogen (secondary N) is 2. The van der Waals surface area contributed by atoms with E-state index in [1.807, 2.05) is 0 Å². The number of Topliss-reactive ketones (excluding diaryl/α,β-unsaturated/α-hetero) is 1. The third-order valence-corrected chi connectivity index (χ3v) is 4.04. The van der Waals surface area contributed by atoms with E-state index >= 15 is 0 Å². The Morgan fingerprint density at radius 2 is 2.05 bits per heavy atom. The number of methoxy groups -OCH3 is 1. The van der Waals surface area contributed by atoms with E-state index in [1.165, 1.54) is 13.3 Å². The number of hydrogen-bond acceptors (Lipinski definition) is 5. The fourth-order valence-electron chi connectivity index (χ4n) is 1.97. The topological polar surface area (TPSA) is 105 Å². The Morgan fingerprint density at radius 1 is 1.32 bits per heavy atom. The summed E-state index contributed by atoms with van der Waals surface area (Å²) < 4.78 is 27.1. The van der Waals surface area contributed by atoms with Gasteiger partial charge in [-0.05, 0) is 12.1 Å². The average Bonchev–Trinajstić information content (AvgIpc) is 2.87. The molecule has 2 N–H and O–H groups in total. The number of rotatable bonds is 6. The molecule has 2 aromatic rings. The molecule has 1 amide bonds. The molecular weight excluding hydrogens is 308 g/mol. The summed E-state index contributed by atoms with van der Waals surface area (Å²) in [6, 6.07) is 5.09. The minimum absolute atomic E-state index is 0.0976. The highest BCUT2D eigenvalue weighted by atomic mass is 32.2.